The number of carbonyl (C=O) groups is 1. The number of rotatable bonds is 12. The first-order chi connectivity index (χ1) is 15.6. The summed E-state index contributed by atoms with van der Waals surface area (Å²) in [7, 11) is 1.65. The maximum atomic E-state index is 13.3. The van der Waals surface area contributed by atoms with Crippen molar-refractivity contribution in [3.63, 3.8) is 0 Å². The summed E-state index contributed by atoms with van der Waals surface area (Å²) in [5.41, 5.74) is 0.886. The fourth-order valence-corrected chi connectivity index (χ4v) is 5.08. The van der Waals surface area contributed by atoms with Gasteiger partial charge in [-0.15, -0.1) is 11.8 Å². The normalized spacial score (nSPS) is 11.2. The van der Waals surface area contributed by atoms with Crippen LogP contribution in [0, 0.1) is 0 Å². The Morgan fingerprint density at radius 3 is 2.41 bits per heavy atom. The SMILES string of the molecule is CCOc1ccc2nc(N(CCN(CC)CC)C(=O)CSc3ccc(OC)cc3)sc2c1. The van der Waals surface area contributed by atoms with Gasteiger partial charge in [0.15, 0.2) is 5.13 Å². The van der Waals surface area contributed by atoms with Crippen LogP contribution in [0.1, 0.15) is 20.8 Å². The Bertz CT molecular complexity index is 1000. The summed E-state index contributed by atoms with van der Waals surface area (Å²) < 4.78 is 11.9. The van der Waals surface area contributed by atoms with Crippen LogP contribution < -0.4 is 14.4 Å². The molecule has 0 fully saturated rings. The quantitative estimate of drug-likeness (QED) is 0.338. The molecule has 0 saturated heterocycles. The molecule has 0 spiro atoms. The fourth-order valence-electron chi connectivity index (χ4n) is 3.27. The molecular weight excluding hydrogens is 442 g/mol. The second-order valence-corrected chi connectivity index (χ2v) is 9.15. The standard InChI is InChI=1S/C24H31N3O3S2/c1-5-26(6-2)14-15-27(23(28)17-31-20-11-8-18(29-4)9-12-20)24-25-21-13-10-19(30-7-3)16-22(21)32-24/h8-13,16H,5-7,14-15,17H2,1-4H3. The molecule has 1 aromatic heterocycles. The molecule has 0 aliphatic carbocycles. The summed E-state index contributed by atoms with van der Waals surface area (Å²) in [5.74, 6) is 2.04. The first-order valence-corrected chi connectivity index (χ1v) is 12.7. The lowest BCUT2D eigenvalue weighted by molar-refractivity contribution is -0.116. The number of anilines is 1. The minimum Gasteiger partial charge on any atom is -0.497 e. The van der Waals surface area contributed by atoms with Crippen LogP contribution in [0.5, 0.6) is 11.5 Å². The van der Waals surface area contributed by atoms with Crippen LogP contribution in [0.2, 0.25) is 0 Å². The third-order valence-electron chi connectivity index (χ3n) is 5.15. The lowest BCUT2D eigenvalue weighted by Crippen LogP contribution is -2.39. The van der Waals surface area contributed by atoms with E-state index in [1.807, 2.05) is 54.3 Å². The van der Waals surface area contributed by atoms with Crippen LogP contribution in [-0.2, 0) is 4.79 Å². The highest BCUT2D eigenvalue weighted by Gasteiger charge is 2.21. The number of hydrogen-bond donors (Lipinski definition) is 0. The summed E-state index contributed by atoms with van der Waals surface area (Å²) in [6.07, 6.45) is 0. The van der Waals surface area contributed by atoms with Gasteiger partial charge in [0.2, 0.25) is 5.91 Å². The molecule has 0 bridgehead atoms. The molecule has 0 N–H and O–H groups in total. The molecule has 1 amide bonds. The van der Waals surface area contributed by atoms with Crippen LogP contribution >= 0.6 is 23.1 Å². The minimum atomic E-state index is 0.0575. The van der Waals surface area contributed by atoms with Crippen molar-refractivity contribution >= 4 is 44.4 Å². The number of fused-ring (bicyclic) bond motifs is 1. The summed E-state index contributed by atoms with van der Waals surface area (Å²) in [6, 6.07) is 13.7. The molecule has 0 aliphatic heterocycles. The average Bonchev–Trinajstić information content (AvgIpc) is 3.24. The van der Waals surface area contributed by atoms with Crippen LogP contribution in [0.3, 0.4) is 0 Å². The molecule has 0 aliphatic rings. The summed E-state index contributed by atoms with van der Waals surface area (Å²) in [5, 5.41) is 0.737. The first-order valence-electron chi connectivity index (χ1n) is 10.9. The van der Waals surface area contributed by atoms with Gasteiger partial charge in [-0.25, -0.2) is 4.98 Å². The van der Waals surface area contributed by atoms with Crippen LogP contribution in [0.15, 0.2) is 47.4 Å². The highest BCUT2D eigenvalue weighted by molar-refractivity contribution is 8.00. The molecule has 172 valence electrons. The van der Waals surface area contributed by atoms with E-state index in [0.717, 1.165) is 51.4 Å². The van der Waals surface area contributed by atoms with Gasteiger partial charge < -0.3 is 14.4 Å². The molecule has 1 heterocycles. The van der Waals surface area contributed by atoms with E-state index >= 15 is 0 Å². The maximum Gasteiger partial charge on any atom is 0.239 e. The number of likely N-dealkylation sites (N-methyl/N-ethyl adjacent to an activating group) is 1. The highest BCUT2D eigenvalue weighted by Crippen LogP contribution is 2.32. The predicted octanol–water partition coefficient (Wildman–Crippen LogP) is 5.17. The van der Waals surface area contributed by atoms with Crippen molar-refractivity contribution in [3.8, 4) is 11.5 Å². The number of nitrogens with zero attached hydrogens (tertiary/aromatic N) is 3. The number of thiazole rings is 1. The molecule has 3 aromatic rings. The Hall–Kier alpha value is -2.29. The van der Waals surface area contributed by atoms with Gasteiger partial charge >= 0.3 is 0 Å². The van der Waals surface area contributed by atoms with Crippen LogP contribution in [-0.4, -0.2) is 61.4 Å². The molecule has 2 aromatic carbocycles. The molecule has 0 radical (unpaired) electrons. The number of methoxy groups -OCH3 is 1. The summed E-state index contributed by atoms with van der Waals surface area (Å²) >= 11 is 3.07. The Kier molecular flexibility index (Phi) is 9.20. The molecule has 8 heteroatoms. The summed E-state index contributed by atoms with van der Waals surface area (Å²) in [4.78, 5) is 23.2. The van der Waals surface area contributed by atoms with Gasteiger partial charge in [-0.2, -0.15) is 0 Å². The molecule has 3 rings (SSSR count). The van der Waals surface area contributed by atoms with E-state index in [-0.39, 0.29) is 5.91 Å². The zero-order chi connectivity index (χ0) is 22.9. The summed E-state index contributed by atoms with van der Waals surface area (Å²) in [6.45, 7) is 10.2. The van der Waals surface area contributed by atoms with Gasteiger partial charge in [-0.3, -0.25) is 9.69 Å². The number of aromatic nitrogens is 1. The number of ether oxygens (including phenoxy) is 2. The lowest BCUT2D eigenvalue weighted by atomic mass is 10.3. The van der Waals surface area contributed by atoms with Crippen LogP contribution in [0.25, 0.3) is 10.2 Å². The molecule has 6 nitrogen and oxygen atoms in total. The third-order valence-corrected chi connectivity index (χ3v) is 7.19. The van der Waals surface area contributed by atoms with Crippen molar-refractivity contribution in [2.45, 2.75) is 25.7 Å². The number of amides is 1. The Morgan fingerprint density at radius 2 is 1.75 bits per heavy atom. The topological polar surface area (TPSA) is 54.9 Å². The van der Waals surface area contributed by atoms with Gasteiger partial charge in [-0.05, 0) is 62.5 Å². The molecule has 0 unspecified atom stereocenters. The predicted molar refractivity (Wildman–Crippen MR) is 135 cm³/mol. The smallest absolute Gasteiger partial charge is 0.239 e. The molecule has 0 saturated carbocycles. The Labute approximate surface area is 198 Å². The van der Waals surface area contributed by atoms with E-state index in [2.05, 4.69) is 18.7 Å². The fraction of sp³-hybridized carbons (Fsp3) is 0.417. The third kappa shape index (κ3) is 6.37. The lowest BCUT2D eigenvalue weighted by Gasteiger charge is -2.24. The Balaban J connectivity index is 1.78. The zero-order valence-corrected chi connectivity index (χ0v) is 20.8. The number of thioether (sulfide) groups is 1. The van der Waals surface area contributed by atoms with Crippen molar-refractivity contribution in [1.29, 1.82) is 0 Å². The molecule has 0 atom stereocenters. The van der Waals surface area contributed by atoms with Gasteiger partial charge in [0.05, 0.1) is 29.7 Å². The minimum absolute atomic E-state index is 0.0575. The van der Waals surface area contributed by atoms with E-state index in [4.69, 9.17) is 14.5 Å². The van der Waals surface area contributed by atoms with E-state index in [0.29, 0.717) is 18.9 Å². The van der Waals surface area contributed by atoms with Gasteiger partial charge in [-0.1, -0.05) is 25.2 Å². The van der Waals surface area contributed by atoms with Crippen molar-refractivity contribution < 1.29 is 14.3 Å². The van der Waals surface area contributed by atoms with Crippen molar-refractivity contribution in [2.24, 2.45) is 0 Å². The number of carbonyl (C=O) groups excluding carboxylic acids is 1. The first kappa shape index (κ1) is 24.4. The van der Waals surface area contributed by atoms with Crippen molar-refractivity contribution in [1.82, 2.24) is 9.88 Å². The van der Waals surface area contributed by atoms with Gasteiger partial charge in [0.1, 0.15) is 11.5 Å². The molecule has 32 heavy (non-hydrogen) atoms. The van der Waals surface area contributed by atoms with Crippen LogP contribution in [0.4, 0.5) is 5.13 Å². The zero-order valence-electron chi connectivity index (χ0n) is 19.2. The largest absolute Gasteiger partial charge is 0.497 e. The molecular formula is C24H31N3O3S2. The van der Waals surface area contributed by atoms with Gasteiger partial charge in [0.25, 0.3) is 0 Å². The van der Waals surface area contributed by atoms with E-state index in [1.165, 1.54) is 23.1 Å². The monoisotopic (exact) mass is 473 g/mol. The Morgan fingerprint density at radius 1 is 1.03 bits per heavy atom. The second kappa shape index (κ2) is 12.1. The van der Waals surface area contributed by atoms with Gasteiger partial charge in [0, 0.05) is 18.0 Å². The highest BCUT2D eigenvalue weighted by atomic mass is 32.2. The second-order valence-electron chi connectivity index (χ2n) is 7.10. The van der Waals surface area contributed by atoms with E-state index in [9.17, 15) is 4.79 Å². The van der Waals surface area contributed by atoms with E-state index < -0.39 is 0 Å². The number of hydrogen-bond acceptors (Lipinski definition) is 7. The van der Waals surface area contributed by atoms with E-state index in [1.54, 1.807) is 7.11 Å². The maximum absolute atomic E-state index is 13.3. The number of benzene rings is 2. The average molecular weight is 474 g/mol. The van der Waals surface area contributed by atoms with Crippen molar-refractivity contribution in [3.05, 3.63) is 42.5 Å². The van der Waals surface area contributed by atoms with Crippen molar-refractivity contribution in [2.75, 3.05) is 50.5 Å².